The Labute approximate surface area is 279 Å². The highest BCUT2D eigenvalue weighted by Gasteiger charge is 2.38. The summed E-state index contributed by atoms with van der Waals surface area (Å²) in [6.45, 7) is 6.53. The van der Waals surface area contributed by atoms with Gasteiger partial charge in [-0.15, -0.1) is 0 Å². The molecule has 13 nitrogen and oxygen atoms in total. The van der Waals surface area contributed by atoms with E-state index in [1.54, 1.807) is 76.2 Å². The largest absolute Gasteiger partial charge is 0.496 e. The Bertz CT molecular complexity index is 1700. The summed E-state index contributed by atoms with van der Waals surface area (Å²) in [6, 6.07) is 13.6. The van der Waals surface area contributed by atoms with E-state index < -0.39 is 41.4 Å². The maximum absolute atomic E-state index is 14.5. The number of amides is 3. The molecule has 0 bridgehead atoms. The van der Waals surface area contributed by atoms with E-state index in [2.05, 4.69) is 10.6 Å². The summed E-state index contributed by atoms with van der Waals surface area (Å²) in [4.78, 5) is 68.8. The van der Waals surface area contributed by atoms with Crippen LogP contribution in [0.2, 0.25) is 0 Å². The molecule has 1 heterocycles. The molecule has 3 aromatic carbocycles. The third-order valence-electron chi connectivity index (χ3n) is 7.78. The van der Waals surface area contributed by atoms with Crippen LogP contribution in [0.4, 0.5) is 11.4 Å². The van der Waals surface area contributed by atoms with Crippen molar-refractivity contribution < 1.29 is 38.2 Å². The number of methoxy groups -OCH3 is 2. The first-order chi connectivity index (χ1) is 22.8. The number of nitrogens with zero attached hydrogens (tertiary/aromatic N) is 2. The van der Waals surface area contributed by atoms with Gasteiger partial charge in [0.15, 0.2) is 0 Å². The summed E-state index contributed by atoms with van der Waals surface area (Å²) in [5.74, 6) is -1.85. The zero-order chi connectivity index (χ0) is 35.2. The van der Waals surface area contributed by atoms with Gasteiger partial charge < -0.3 is 35.1 Å². The highest BCUT2D eigenvalue weighted by Crippen LogP contribution is 2.37. The van der Waals surface area contributed by atoms with E-state index in [1.165, 1.54) is 24.0 Å². The van der Waals surface area contributed by atoms with Crippen LogP contribution in [0.5, 0.6) is 5.75 Å². The SMILES string of the molecule is COC(=O)c1ccc2c(CN3C(=O)[C@@H](NC(=O)C(C)NCC(=O)OC(C)(C)C)CN(C(=O)CCN)c4ccccc43)c(OC)ccc2c1. The first kappa shape index (κ1) is 35.8. The Balaban J connectivity index is 1.73. The molecule has 4 N–H and O–H groups in total. The Hall–Kier alpha value is -5.01. The Morgan fingerprint density at radius 2 is 1.73 bits per heavy atom. The number of hydrogen-bond acceptors (Lipinski definition) is 10. The van der Waals surface area contributed by atoms with Gasteiger partial charge in [-0.1, -0.05) is 24.3 Å². The molecule has 0 fully saturated rings. The predicted molar refractivity (Wildman–Crippen MR) is 181 cm³/mol. The number of carbonyl (C=O) groups is 5. The highest BCUT2D eigenvalue weighted by molar-refractivity contribution is 6.08. The van der Waals surface area contributed by atoms with E-state index in [1.807, 2.05) is 6.07 Å². The molecule has 0 spiro atoms. The molecular formula is C35H43N5O8. The van der Waals surface area contributed by atoms with Crippen LogP contribution in [-0.4, -0.2) is 81.2 Å². The summed E-state index contributed by atoms with van der Waals surface area (Å²) in [5.41, 5.74) is 6.99. The minimum atomic E-state index is -1.16. The van der Waals surface area contributed by atoms with E-state index in [9.17, 15) is 24.0 Å². The minimum absolute atomic E-state index is 0.00562. The second kappa shape index (κ2) is 15.3. The zero-order valence-electron chi connectivity index (χ0n) is 28.1. The smallest absolute Gasteiger partial charge is 0.337 e. The fraction of sp³-hybridized carbons (Fsp3) is 0.400. The monoisotopic (exact) mass is 661 g/mol. The molecule has 0 aromatic heterocycles. The van der Waals surface area contributed by atoms with Crippen LogP contribution in [0.25, 0.3) is 10.8 Å². The molecule has 0 radical (unpaired) electrons. The van der Waals surface area contributed by atoms with Gasteiger partial charge >= 0.3 is 11.9 Å². The molecule has 4 rings (SSSR count). The van der Waals surface area contributed by atoms with E-state index in [4.69, 9.17) is 19.9 Å². The summed E-state index contributed by atoms with van der Waals surface area (Å²) < 4.78 is 15.9. The normalized spacial score (nSPS) is 15.3. The molecule has 2 atom stereocenters. The molecule has 0 saturated heterocycles. The van der Waals surface area contributed by atoms with Crippen LogP contribution in [-0.2, 0) is 35.2 Å². The lowest BCUT2D eigenvalue weighted by molar-refractivity contribution is -0.153. The molecule has 3 aromatic rings. The summed E-state index contributed by atoms with van der Waals surface area (Å²) in [6.07, 6.45) is 0.0245. The lowest BCUT2D eigenvalue weighted by atomic mass is 10.00. The van der Waals surface area contributed by atoms with Gasteiger partial charge in [0, 0.05) is 18.5 Å². The predicted octanol–water partition coefficient (Wildman–Crippen LogP) is 2.67. The molecule has 0 aliphatic carbocycles. The average Bonchev–Trinajstić information content (AvgIpc) is 3.16. The summed E-state index contributed by atoms with van der Waals surface area (Å²) >= 11 is 0. The number of rotatable bonds is 11. The first-order valence-electron chi connectivity index (χ1n) is 15.6. The van der Waals surface area contributed by atoms with Crippen LogP contribution < -0.4 is 30.9 Å². The van der Waals surface area contributed by atoms with Gasteiger partial charge in [-0.3, -0.25) is 24.5 Å². The quantitative estimate of drug-likeness (QED) is 0.260. The van der Waals surface area contributed by atoms with Crippen LogP contribution in [0, 0.1) is 0 Å². The van der Waals surface area contributed by atoms with Gasteiger partial charge in [0.25, 0.3) is 5.91 Å². The Kier molecular flexibility index (Phi) is 11.4. The summed E-state index contributed by atoms with van der Waals surface area (Å²) in [7, 11) is 2.83. The fourth-order valence-electron chi connectivity index (χ4n) is 5.49. The number of para-hydroxylation sites is 2. The maximum atomic E-state index is 14.5. The molecule has 0 saturated carbocycles. The molecule has 1 aliphatic heterocycles. The van der Waals surface area contributed by atoms with Gasteiger partial charge in [-0.25, -0.2) is 4.79 Å². The lowest BCUT2D eigenvalue weighted by Crippen LogP contribution is -2.56. The van der Waals surface area contributed by atoms with E-state index in [0.717, 1.165) is 10.8 Å². The molecule has 3 amide bonds. The number of benzene rings is 3. The number of esters is 2. The van der Waals surface area contributed by atoms with Crippen molar-refractivity contribution in [1.82, 2.24) is 10.6 Å². The van der Waals surface area contributed by atoms with Gasteiger partial charge in [0.1, 0.15) is 17.4 Å². The lowest BCUT2D eigenvalue weighted by Gasteiger charge is -2.27. The molecule has 256 valence electrons. The highest BCUT2D eigenvalue weighted by atomic mass is 16.6. The zero-order valence-corrected chi connectivity index (χ0v) is 28.1. The molecule has 1 aliphatic rings. The van der Waals surface area contributed by atoms with Crippen molar-refractivity contribution in [2.24, 2.45) is 5.73 Å². The van der Waals surface area contributed by atoms with Crippen molar-refractivity contribution in [3.8, 4) is 5.75 Å². The summed E-state index contributed by atoms with van der Waals surface area (Å²) in [5, 5.41) is 7.09. The number of nitrogens with one attached hydrogen (secondary N) is 2. The van der Waals surface area contributed by atoms with Crippen molar-refractivity contribution in [3.63, 3.8) is 0 Å². The van der Waals surface area contributed by atoms with Crippen molar-refractivity contribution in [3.05, 3.63) is 65.7 Å². The van der Waals surface area contributed by atoms with Crippen molar-refractivity contribution in [2.75, 3.05) is 43.7 Å². The Morgan fingerprint density at radius 1 is 1.02 bits per heavy atom. The van der Waals surface area contributed by atoms with Gasteiger partial charge in [-0.05, 0) is 68.8 Å². The van der Waals surface area contributed by atoms with Crippen LogP contribution in [0.1, 0.15) is 50.0 Å². The molecule has 48 heavy (non-hydrogen) atoms. The number of hydrogen-bond donors (Lipinski definition) is 3. The topological polar surface area (TPSA) is 170 Å². The second-order valence-corrected chi connectivity index (χ2v) is 12.4. The van der Waals surface area contributed by atoms with Crippen LogP contribution in [0.15, 0.2) is 54.6 Å². The van der Waals surface area contributed by atoms with Gasteiger partial charge in [0.2, 0.25) is 11.8 Å². The van der Waals surface area contributed by atoms with E-state index >= 15 is 0 Å². The molecule has 13 heteroatoms. The number of carbonyl (C=O) groups excluding carboxylic acids is 5. The Morgan fingerprint density at radius 3 is 2.38 bits per heavy atom. The van der Waals surface area contributed by atoms with E-state index in [-0.39, 0.29) is 38.5 Å². The third kappa shape index (κ3) is 8.28. The second-order valence-electron chi connectivity index (χ2n) is 12.4. The number of fused-ring (bicyclic) bond motifs is 2. The standard InChI is InChI=1S/C35H43N5O8/c1-21(37-18-31(42)48-35(2,3)4)32(43)38-26-20-39(30(41)15-16-36)27-9-7-8-10-28(27)40(33(26)44)19-25-24-13-11-23(34(45)47-6)17-22(24)12-14-29(25)46-5/h7-14,17,21,26,37H,15-16,18-20,36H2,1-6H3,(H,38,43)/t21?,26-/m0/s1. The van der Waals surface area contributed by atoms with Crippen LogP contribution >= 0.6 is 0 Å². The third-order valence-corrected chi connectivity index (χ3v) is 7.78. The van der Waals surface area contributed by atoms with Gasteiger partial charge in [0.05, 0.1) is 56.8 Å². The number of ether oxygens (including phenoxy) is 3. The first-order valence-corrected chi connectivity index (χ1v) is 15.6. The average molecular weight is 662 g/mol. The minimum Gasteiger partial charge on any atom is -0.496 e. The number of anilines is 2. The number of nitrogens with two attached hydrogens (primary N) is 1. The maximum Gasteiger partial charge on any atom is 0.337 e. The van der Waals surface area contributed by atoms with Crippen molar-refractivity contribution in [2.45, 2.75) is 58.3 Å². The van der Waals surface area contributed by atoms with Crippen LogP contribution in [0.3, 0.4) is 0 Å². The molecular weight excluding hydrogens is 618 g/mol. The van der Waals surface area contributed by atoms with Crippen molar-refractivity contribution in [1.29, 1.82) is 0 Å². The van der Waals surface area contributed by atoms with Gasteiger partial charge in [-0.2, -0.15) is 0 Å². The van der Waals surface area contributed by atoms with E-state index in [0.29, 0.717) is 28.3 Å². The fourth-order valence-corrected chi connectivity index (χ4v) is 5.49. The molecule has 1 unspecified atom stereocenters. The van der Waals surface area contributed by atoms with Crippen molar-refractivity contribution >= 4 is 51.8 Å².